The summed E-state index contributed by atoms with van der Waals surface area (Å²) in [5, 5.41) is 3.49. The minimum Gasteiger partial charge on any atom is -0.494 e. The molecule has 0 radical (unpaired) electrons. The van der Waals surface area contributed by atoms with Gasteiger partial charge in [-0.1, -0.05) is 0 Å². The Hall–Kier alpha value is -2.81. The van der Waals surface area contributed by atoms with E-state index in [0.717, 1.165) is 31.4 Å². The lowest BCUT2D eigenvalue weighted by molar-refractivity contribution is -0.189. The summed E-state index contributed by atoms with van der Waals surface area (Å²) >= 11 is 1.54. The van der Waals surface area contributed by atoms with Crippen molar-refractivity contribution < 1.29 is 22.7 Å². The van der Waals surface area contributed by atoms with Gasteiger partial charge in [-0.25, -0.2) is 9.78 Å². The minimum atomic E-state index is -4.29. The Balaban J connectivity index is 1.42. The summed E-state index contributed by atoms with van der Waals surface area (Å²) in [5.41, 5.74) is 0.524. The maximum absolute atomic E-state index is 13.1. The second-order valence-electron chi connectivity index (χ2n) is 7.72. The van der Waals surface area contributed by atoms with Crippen LogP contribution in [0.25, 0.3) is 20.8 Å². The molecule has 0 bridgehead atoms. The molecule has 1 saturated carbocycles. The molecule has 3 aromatic rings. The lowest BCUT2D eigenvalue weighted by atomic mass is 10.1. The number of carbonyl (C=O) groups excluding carboxylic acids is 1. The van der Waals surface area contributed by atoms with E-state index in [4.69, 9.17) is 4.74 Å². The van der Waals surface area contributed by atoms with E-state index in [0.29, 0.717) is 12.3 Å². The van der Waals surface area contributed by atoms with Crippen molar-refractivity contribution in [1.29, 1.82) is 0 Å². The second-order valence-corrected chi connectivity index (χ2v) is 8.75. The van der Waals surface area contributed by atoms with Gasteiger partial charge in [0.2, 0.25) is 0 Å². The van der Waals surface area contributed by atoms with Gasteiger partial charge in [-0.15, -0.1) is 11.3 Å². The van der Waals surface area contributed by atoms with Crippen molar-refractivity contribution in [3.63, 3.8) is 0 Å². The molecule has 31 heavy (non-hydrogen) atoms. The van der Waals surface area contributed by atoms with Crippen LogP contribution in [0.3, 0.4) is 0 Å². The first-order valence-electron chi connectivity index (χ1n) is 9.93. The van der Waals surface area contributed by atoms with Crippen LogP contribution in [-0.2, 0) is 0 Å². The molecule has 2 amide bonds. The first-order chi connectivity index (χ1) is 14.7. The van der Waals surface area contributed by atoms with E-state index >= 15 is 0 Å². The molecule has 4 rings (SSSR count). The molecule has 1 aromatic heterocycles. The molecule has 5 nitrogen and oxygen atoms in total. The Morgan fingerprint density at radius 2 is 1.94 bits per heavy atom. The molecular weight excluding hydrogens is 427 g/mol. The maximum Gasteiger partial charge on any atom is 0.396 e. The van der Waals surface area contributed by atoms with E-state index in [-0.39, 0.29) is 19.4 Å². The quantitative estimate of drug-likeness (QED) is 0.490. The van der Waals surface area contributed by atoms with E-state index in [1.54, 1.807) is 12.1 Å². The zero-order chi connectivity index (χ0) is 22.2. The highest BCUT2D eigenvalue weighted by molar-refractivity contribution is 7.21. The first-order valence-corrected chi connectivity index (χ1v) is 10.8. The highest BCUT2D eigenvalue weighted by atomic mass is 32.1. The summed E-state index contributed by atoms with van der Waals surface area (Å²) in [6.07, 6.45) is -4.15. The van der Waals surface area contributed by atoms with E-state index in [1.165, 1.54) is 18.4 Å². The third-order valence-corrected chi connectivity index (χ3v) is 6.46. The number of ether oxygens (including phenoxy) is 1. The van der Waals surface area contributed by atoms with Crippen LogP contribution in [0, 0.1) is 5.41 Å². The van der Waals surface area contributed by atoms with Crippen LogP contribution in [0.1, 0.15) is 19.8 Å². The molecule has 1 aliphatic carbocycles. The molecule has 0 atom stereocenters. The van der Waals surface area contributed by atoms with Gasteiger partial charge in [-0.05, 0) is 62.2 Å². The van der Waals surface area contributed by atoms with Crippen LogP contribution < -0.4 is 10.1 Å². The number of nitrogens with one attached hydrogen (secondary N) is 1. The van der Waals surface area contributed by atoms with Gasteiger partial charge in [0.05, 0.1) is 22.2 Å². The number of alkyl halides is 3. The number of nitrogens with zero attached hydrogens (tertiary/aromatic N) is 2. The summed E-state index contributed by atoms with van der Waals surface area (Å²) in [4.78, 5) is 18.1. The highest BCUT2D eigenvalue weighted by Gasteiger charge is 2.63. The Kier molecular flexibility index (Phi) is 5.55. The number of urea groups is 1. The number of anilines is 1. The molecule has 164 valence electrons. The van der Waals surface area contributed by atoms with E-state index < -0.39 is 17.6 Å². The molecule has 1 heterocycles. The van der Waals surface area contributed by atoms with Crippen LogP contribution in [0.4, 0.5) is 23.7 Å². The first kappa shape index (κ1) is 21.4. The maximum atomic E-state index is 13.1. The molecule has 9 heteroatoms. The predicted octanol–water partition coefficient (Wildman–Crippen LogP) is 6.17. The van der Waals surface area contributed by atoms with Gasteiger partial charge in [-0.3, -0.25) is 0 Å². The number of hydrogen-bond donors (Lipinski definition) is 1. The molecule has 0 spiro atoms. The number of rotatable bonds is 6. The number of fused-ring (bicyclic) bond motifs is 1. The third kappa shape index (κ3) is 4.46. The summed E-state index contributed by atoms with van der Waals surface area (Å²) in [7, 11) is 1.38. The number of benzene rings is 2. The normalized spacial score (nSPS) is 15.0. The van der Waals surface area contributed by atoms with Crippen LogP contribution in [0.2, 0.25) is 0 Å². The lowest BCUT2D eigenvalue weighted by Crippen LogP contribution is -2.41. The van der Waals surface area contributed by atoms with Gasteiger partial charge in [0.1, 0.15) is 10.8 Å². The van der Waals surface area contributed by atoms with Gasteiger partial charge >= 0.3 is 12.2 Å². The fraction of sp³-hybridized carbons (Fsp3) is 0.364. The molecule has 0 aliphatic heterocycles. The fourth-order valence-corrected chi connectivity index (χ4v) is 4.41. The van der Waals surface area contributed by atoms with Crippen molar-refractivity contribution in [1.82, 2.24) is 9.88 Å². The Morgan fingerprint density at radius 3 is 2.55 bits per heavy atom. The zero-order valence-corrected chi connectivity index (χ0v) is 17.9. The number of aromatic nitrogens is 1. The summed E-state index contributed by atoms with van der Waals surface area (Å²) in [5.74, 6) is 0.797. The molecule has 2 aromatic carbocycles. The van der Waals surface area contributed by atoms with Crippen LogP contribution in [0.5, 0.6) is 5.75 Å². The Morgan fingerprint density at radius 1 is 1.23 bits per heavy atom. The highest BCUT2D eigenvalue weighted by Crippen LogP contribution is 2.57. The number of amides is 2. The number of halogens is 3. The predicted molar refractivity (Wildman–Crippen MR) is 116 cm³/mol. The van der Waals surface area contributed by atoms with E-state index in [9.17, 15) is 18.0 Å². The van der Waals surface area contributed by atoms with Crippen molar-refractivity contribution in [3.05, 3.63) is 42.5 Å². The largest absolute Gasteiger partial charge is 0.494 e. The van der Waals surface area contributed by atoms with Gasteiger partial charge in [0.25, 0.3) is 0 Å². The van der Waals surface area contributed by atoms with Crippen LogP contribution >= 0.6 is 11.3 Å². The number of thiazole rings is 1. The smallest absolute Gasteiger partial charge is 0.396 e. The van der Waals surface area contributed by atoms with Crippen molar-refractivity contribution >= 4 is 33.3 Å². The fourth-order valence-electron chi connectivity index (χ4n) is 3.41. The van der Waals surface area contributed by atoms with Crippen LogP contribution in [0.15, 0.2) is 42.5 Å². The van der Waals surface area contributed by atoms with Crippen molar-refractivity contribution in [2.24, 2.45) is 5.41 Å². The molecule has 0 unspecified atom stereocenters. The molecule has 1 fully saturated rings. The lowest BCUT2D eigenvalue weighted by Gasteiger charge is -2.26. The summed E-state index contributed by atoms with van der Waals surface area (Å²) in [6, 6.07) is 12.3. The van der Waals surface area contributed by atoms with E-state index in [1.807, 2.05) is 37.3 Å². The molecular formula is C22H22F3N3O2S. The standard InChI is InChI=1S/C22H22F3N3O2S/c1-3-30-16-8-9-17-18(12-16)31-19(27-17)14-4-6-15(7-5-14)26-20(29)28(2)13-21(10-11-21)22(23,24)25/h4-9,12H,3,10-11,13H2,1-2H3,(H,26,29). The molecule has 0 saturated heterocycles. The minimum absolute atomic E-state index is 0.0665. The second kappa shape index (κ2) is 8.03. The Labute approximate surface area is 181 Å². The molecule has 1 N–H and O–H groups in total. The zero-order valence-electron chi connectivity index (χ0n) is 17.1. The van der Waals surface area contributed by atoms with Gasteiger partial charge < -0.3 is 15.0 Å². The van der Waals surface area contributed by atoms with Crippen LogP contribution in [-0.4, -0.2) is 42.3 Å². The average Bonchev–Trinajstić information content (AvgIpc) is 3.39. The SMILES string of the molecule is CCOc1ccc2nc(-c3ccc(NC(=O)N(C)CC4(C(F)(F)F)CC4)cc3)sc2c1. The number of hydrogen-bond acceptors (Lipinski definition) is 4. The summed E-state index contributed by atoms with van der Waals surface area (Å²) < 4.78 is 45.9. The summed E-state index contributed by atoms with van der Waals surface area (Å²) in [6.45, 7) is 2.19. The monoisotopic (exact) mass is 449 g/mol. The van der Waals surface area contributed by atoms with E-state index in [2.05, 4.69) is 10.3 Å². The van der Waals surface area contributed by atoms with Crippen molar-refractivity contribution in [2.75, 3.05) is 25.5 Å². The van der Waals surface area contributed by atoms with Gasteiger partial charge in [0.15, 0.2) is 0 Å². The van der Waals surface area contributed by atoms with Gasteiger partial charge in [-0.2, -0.15) is 13.2 Å². The number of carbonyl (C=O) groups is 1. The van der Waals surface area contributed by atoms with Crippen molar-refractivity contribution in [3.8, 4) is 16.3 Å². The Bertz CT molecular complexity index is 1090. The topological polar surface area (TPSA) is 54.5 Å². The molecule has 1 aliphatic rings. The third-order valence-electron chi connectivity index (χ3n) is 5.40. The average molecular weight is 449 g/mol. The van der Waals surface area contributed by atoms with Crippen molar-refractivity contribution in [2.45, 2.75) is 25.9 Å². The van der Waals surface area contributed by atoms with Gasteiger partial charge in [0, 0.05) is 24.8 Å².